The Kier molecular flexibility index (Phi) is 3.64. The molecule has 5 heteroatoms. The van der Waals surface area contributed by atoms with Crippen molar-refractivity contribution in [3.8, 4) is 0 Å². The lowest BCUT2D eigenvalue weighted by Gasteiger charge is -2.05. The van der Waals surface area contributed by atoms with E-state index in [-0.39, 0.29) is 17.7 Å². The van der Waals surface area contributed by atoms with Gasteiger partial charge in [0.05, 0.1) is 0 Å². The van der Waals surface area contributed by atoms with Gasteiger partial charge in [0.15, 0.2) is 0 Å². The molecular weight excluding hydrogens is 242 g/mol. The molecule has 0 aliphatic rings. The van der Waals surface area contributed by atoms with Crippen LogP contribution in [0.15, 0.2) is 22.6 Å². The fraction of sp³-hybridized carbons (Fsp3) is 0.357. The van der Waals surface area contributed by atoms with E-state index in [4.69, 9.17) is 4.42 Å². The summed E-state index contributed by atoms with van der Waals surface area (Å²) in [6.07, 6.45) is 0. The van der Waals surface area contributed by atoms with E-state index >= 15 is 0 Å². The molecule has 2 aromatic rings. The Morgan fingerprint density at radius 3 is 2.53 bits per heavy atom. The van der Waals surface area contributed by atoms with Gasteiger partial charge in [0, 0.05) is 11.6 Å². The van der Waals surface area contributed by atoms with Crippen LogP contribution in [0.5, 0.6) is 0 Å². The third kappa shape index (κ3) is 2.99. The van der Waals surface area contributed by atoms with E-state index < -0.39 is 0 Å². The number of hydrogen-bond donors (Lipinski definition) is 1. The number of hydrogen-bond acceptors (Lipinski definition) is 4. The zero-order chi connectivity index (χ0) is 14.0. The summed E-state index contributed by atoms with van der Waals surface area (Å²) >= 11 is 0. The second-order valence-corrected chi connectivity index (χ2v) is 4.85. The zero-order valence-electron chi connectivity index (χ0n) is 11.5. The first-order valence-corrected chi connectivity index (χ1v) is 6.19. The lowest BCUT2D eigenvalue weighted by Crippen LogP contribution is -2.12. The molecule has 1 amide bonds. The molecule has 1 aromatic carbocycles. The van der Waals surface area contributed by atoms with Gasteiger partial charge in [-0.15, -0.1) is 10.2 Å². The largest absolute Gasteiger partial charge is 0.417 e. The molecule has 2 rings (SSSR count). The van der Waals surface area contributed by atoms with Crippen LogP contribution in [0.25, 0.3) is 0 Å². The topological polar surface area (TPSA) is 68.0 Å². The van der Waals surface area contributed by atoms with Crippen molar-refractivity contribution in [3.05, 3.63) is 41.1 Å². The van der Waals surface area contributed by atoms with Gasteiger partial charge < -0.3 is 9.73 Å². The van der Waals surface area contributed by atoms with Gasteiger partial charge in [-0.05, 0) is 37.1 Å². The first-order chi connectivity index (χ1) is 8.97. The molecule has 0 atom stereocenters. The zero-order valence-corrected chi connectivity index (χ0v) is 11.5. The summed E-state index contributed by atoms with van der Waals surface area (Å²) < 4.78 is 5.30. The fourth-order valence-corrected chi connectivity index (χ4v) is 1.56. The highest BCUT2D eigenvalue weighted by Crippen LogP contribution is 2.16. The van der Waals surface area contributed by atoms with Gasteiger partial charge in [-0.3, -0.25) is 4.79 Å². The number of nitrogens with zero attached hydrogens (tertiary/aromatic N) is 2. The first-order valence-electron chi connectivity index (χ1n) is 6.19. The number of amides is 1. The summed E-state index contributed by atoms with van der Waals surface area (Å²) in [6, 6.07) is 5.71. The van der Waals surface area contributed by atoms with Gasteiger partial charge in [-0.2, -0.15) is 0 Å². The molecule has 0 bridgehead atoms. The van der Waals surface area contributed by atoms with Gasteiger partial charge in [0.25, 0.3) is 0 Å². The molecule has 1 N–H and O–H groups in total. The van der Waals surface area contributed by atoms with E-state index in [1.165, 1.54) is 5.56 Å². The van der Waals surface area contributed by atoms with Crippen molar-refractivity contribution < 1.29 is 9.21 Å². The average Bonchev–Trinajstić information content (AvgIpc) is 2.83. The molecule has 0 aliphatic carbocycles. The minimum Gasteiger partial charge on any atom is -0.417 e. The number of carbonyl (C=O) groups is 1. The minimum absolute atomic E-state index is 0.0121. The Bertz CT molecular complexity index is 602. The SMILES string of the molecule is Cc1ccc(NC(=O)c2nnc(C(C)C)o2)cc1C. The van der Waals surface area contributed by atoms with E-state index in [0.717, 1.165) is 11.3 Å². The average molecular weight is 259 g/mol. The van der Waals surface area contributed by atoms with E-state index in [9.17, 15) is 4.79 Å². The predicted octanol–water partition coefficient (Wildman–Crippen LogP) is 3.06. The van der Waals surface area contributed by atoms with E-state index in [1.807, 2.05) is 45.9 Å². The van der Waals surface area contributed by atoms with E-state index in [0.29, 0.717) is 5.89 Å². The lowest BCUT2D eigenvalue weighted by atomic mass is 10.1. The van der Waals surface area contributed by atoms with Crippen LogP contribution in [0.3, 0.4) is 0 Å². The van der Waals surface area contributed by atoms with Crippen molar-refractivity contribution in [1.82, 2.24) is 10.2 Å². The van der Waals surface area contributed by atoms with E-state index in [1.54, 1.807) is 0 Å². The smallest absolute Gasteiger partial charge is 0.313 e. The maximum atomic E-state index is 11.9. The van der Waals surface area contributed by atoms with Crippen LogP contribution < -0.4 is 5.32 Å². The molecule has 0 aliphatic heterocycles. The Hall–Kier alpha value is -2.17. The molecule has 0 saturated heterocycles. The highest BCUT2D eigenvalue weighted by Gasteiger charge is 2.16. The molecule has 0 spiro atoms. The normalized spacial score (nSPS) is 10.8. The molecule has 100 valence electrons. The fourth-order valence-electron chi connectivity index (χ4n) is 1.56. The first kappa shape index (κ1) is 13.3. The Morgan fingerprint density at radius 1 is 1.21 bits per heavy atom. The predicted molar refractivity (Wildman–Crippen MR) is 72.3 cm³/mol. The number of benzene rings is 1. The highest BCUT2D eigenvalue weighted by atomic mass is 16.4. The van der Waals surface area contributed by atoms with E-state index in [2.05, 4.69) is 15.5 Å². The van der Waals surface area contributed by atoms with Crippen molar-refractivity contribution >= 4 is 11.6 Å². The van der Waals surface area contributed by atoms with Crippen LogP contribution in [0, 0.1) is 13.8 Å². The van der Waals surface area contributed by atoms with Crippen LogP contribution in [0.4, 0.5) is 5.69 Å². The van der Waals surface area contributed by atoms with Crippen molar-refractivity contribution in [2.24, 2.45) is 0 Å². The highest BCUT2D eigenvalue weighted by molar-refractivity contribution is 6.00. The maximum Gasteiger partial charge on any atom is 0.313 e. The van der Waals surface area contributed by atoms with Crippen LogP contribution in [-0.4, -0.2) is 16.1 Å². The second-order valence-electron chi connectivity index (χ2n) is 4.85. The number of carbonyl (C=O) groups excluding carboxylic acids is 1. The maximum absolute atomic E-state index is 11.9. The van der Waals surface area contributed by atoms with Gasteiger partial charge in [-0.25, -0.2) is 0 Å². The molecule has 0 radical (unpaired) electrons. The molecular formula is C14H17N3O2. The number of aromatic nitrogens is 2. The molecule has 1 heterocycles. The third-order valence-electron chi connectivity index (χ3n) is 2.89. The van der Waals surface area contributed by atoms with Crippen LogP contribution in [-0.2, 0) is 0 Å². The van der Waals surface area contributed by atoms with Crippen molar-refractivity contribution in [2.75, 3.05) is 5.32 Å². The number of rotatable bonds is 3. The minimum atomic E-state index is -0.386. The van der Waals surface area contributed by atoms with Gasteiger partial charge in [0.1, 0.15) is 0 Å². The summed E-state index contributed by atoms with van der Waals surface area (Å²) in [7, 11) is 0. The number of aryl methyl sites for hydroxylation is 2. The summed E-state index contributed by atoms with van der Waals surface area (Å²) in [5, 5.41) is 10.3. The Labute approximate surface area is 112 Å². The van der Waals surface area contributed by atoms with Crippen molar-refractivity contribution in [1.29, 1.82) is 0 Å². The molecule has 0 fully saturated rings. The van der Waals surface area contributed by atoms with Gasteiger partial charge >= 0.3 is 11.8 Å². The van der Waals surface area contributed by atoms with Crippen LogP contribution in [0.2, 0.25) is 0 Å². The third-order valence-corrected chi connectivity index (χ3v) is 2.89. The second kappa shape index (κ2) is 5.22. The quantitative estimate of drug-likeness (QED) is 0.919. The summed E-state index contributed by atoms with van der Waals surface area (Å²) in [5.41, 5.74) is 3.02. The molecule has 5 nitrogen and oxygen atoms in total. The number of nitrogens with one attached hydrogen (secondary N) is 1. The summed E-state index contributed by atoms with van der Waals surface area (Å²) in [4.78, 5) is 11.9. The van der Waals surface area contributed by atoms with Crippen LogP contribution in [0.1, 0.15) is 47.5 Å². The van der Waals surface area contributed by atoms with Gasteiger partial charge in [-0.1, -0.05) is 19.9 Å². The monoisotopic (exact) mass is 259 g/mol. The molecule has 1 aromatic heterocycles. The Morgan fingerprint density at radius 2 is 1.95 bits per heavy atom. The molecule has 19 heavy (non-hydrogen) atoms. The Balaban J connectivity index is 2.13. The number of anilines is 1. The lowest BCUT2D eigenvalue weighted by molar-refractivity contribution is 0.0988. The van der Waals surface area contributed by atoms with Crippen molar-refractivity contribution in [3.63, 3.8) is 0 Å². The summed E-state index contributed by atoms with van der Waals surface area (Å²) in [5.74, 6) is 0.172. The van der Waals surface area contributed by atoms with Gasteiger partial charge in [0.2, 0.25) is 5.89 Å². The molecule has 0 unspecified atom stereocenters. The van der Waals surface area contributed by atoms with Crippen molar-refractivity contribution in [2.45, 2.75) is 33.6 Å². The van der Waals surface area contributed by atoms with Crippen LogP contribution >= 0.6 is 0 Å². The summed E-state index contributed by atoms with van der Waals surface area (Å²) in [6.45, 7) is 7.87. The standard InChI is InChI=1S/C14H17N3O2/c1-8(2)13-16-17-14(19-13)12(18)15-11-6-5-9(3)10(4)7-11/h5-8H,1-4H3,(H,15,18). The molecule has 0 saturated carbocycles.